The van der Waals surface area contributed by atoms with Crippen LogP contribution in [0.5, 0.6) is 0 Å². The van der Waals surface area contributed by atoms with Crippen LogP contribution in [-0.2, 0) is 6.42 Å². The average molecular weight is 244 g/mol. The highest BCUT2D eigenvalue weighted by Gasteiger charge is 2.18. The third kappa shape index (κ3) is 3.47. The molecule has 3 heteroatoms. The molecule has 1 aromatic heterocycles. The molecule has 1 aliphatic rings. The molecule has 0 saturated heterocycles. The zero-order valence-corrected chi connectivity index (χ0v) is 10.5. The minimum Gasteiger partial charge on any atom is -0.328 e. The summed E-state index contributed by atoms with van der Waals surface area (Å²) in [7, 11) is 0. The number of hydrogen-bond donors (Lipinski definition) is 1. The second-order valence-corrected chi connectivity index (χ2v) is 6.36. The summed E-state index contributed by atoms with van der Waals surface area (Å²) in [5, 5.41) is 0. The molecule has 0 radical (unpaired) electrons. The van der Waals surface area contributed by atoms with Crippen molar-refractivity contribution in [1.82, 2.24) is 0 Å². The van der Waals surface area contributed by atoms with Crippen molar-refractivity contribution in [2.24, 2.45) is 11.7 Å². The van der Waals surface area contributed by atoms with Crippen molar-refractivity contribution < 1.29 is 0 Å². The second kappa shape index (κ2) is 5.33. The molecule has 1 aromatic rings. The van der Waals surface area contributed by atoms with Gasteiger partial charge in [0.25, 0.3) is 0 Å². The van der Waals surface area contributed by atoms with E-state index in [1.807, 2.05) is 6.07 Å². The van der Waals surface area contributed by atoms with Crippen LogP contribution >= 0.6 is 22.9 Å². The van der Waals surface area contributed by atoms with Crippen molar-refractivity contribution >= 4 is 22.9 Å². The smallest absolute Gasteiger partial charge is 0.0931 e. The Bertz CT molecular complexity index is 310. The largest absolute Gasteiger partial charge is 0.328 e. The highest BCUT2D eigenvalue weighted by Crippen LogP contribution is 2.29. The van der Waals surface area contributed by atoms with E-state index in [-0.39, 0.29) is 0 Å². The molecule has 1 nitrogen and oxygen atoms in total. The Kier molecular flexibility index (Phi) is 4.06. The number of nitrogens with two attached hydrogens (primary N) is 1. The normalized spacial score (nSPS) is 27.6. The molecule has 2 N–H and O–H groups in total. The molecule has 84 valence electrons. The number of rotatable bonds is 2. The summed E-state index contributed by atoms with van der Waals surface area (Å²) < 4.78 is 0.905. The van der Waals surface area contributed by atoms with Gasteiger partial charge in [0, 0.05) is 10.9 Å². The number of hydrogen-bond acceptors (Lipinski definition) is 2. The molecular formula is C12H18ClNS. The molecule has 0 bridgehead atoms. The van der Waals surface area contributed by atoms with Gasteiger partial charge in [-0.05, 0) is 37.3 Å². The molecule has 2 atom stereocenters. The molecule has 15 heavy (non-hydrogen) atoms. The van der Waals surface area contributed by atoms with Gasteiger partial charge in [0.15, 0.2) is 0 Å². The summed E-state index contributed by atoms with van der Waals surface area (Å²) in [5.74, 6) is 0.775. The van der Waals surface area contributed by atoms with E-state index in [4.69, 9.17) is 17.3 Å². The number of halogens is 1. The fourth-order valence-corrected chi connectivity index (χ4v) is 3.64. The topological polar surface area (TPSA) is 26.0 Å². The third-order valence-corrected chi connectivity index (χ3v) is 4.45. The molecule has 1 fully saturated rings. The Hall–Kier alpha value is -0.0500. The van der Waals surface area contributed by atoms with E-state index in [0.29, 0.717) is 6.04 Å². The van der Waals surface area contributed by atoms with Gasteiger partial charge in [0.2, 0.25) is 0 Å². The van der Waals surface area contributed by atoms with Crippen LogP contribution in [0, 0.1) is 5.92 Å². The van der Waals surface area contributed by atoms with Gasteiger partial charge in [-0.1, -0.05) is 30.9 Å². The lowest BCUT2D eigenvalue weighted by Gasteiger charge is -2.15. The lowest BCUT2D eigenvalue weighted by molar-refractivity contribution is 0.433. The summed E-state index contributed by atoms with van der Waals surface area (Å²) in [6.45, 7) is 0. The Morgan fingerprint density at radius 1 is 1.33 bits per heavy atom. The quantitative estimate of drug-likeness (QED) is 0.785. The van der Waals surface area contributed by atoms with E-state index in [0.717, 1.165) is 10.3 Å². The van der Waals surface area contributed by atoms with E-state index >= 15 is 0 Å². The molecule has 1 aliphatic carbocycles. The maximum atomic E-state index is 6.06. The van der Waals surface area contributed by atoms with E-state index in [2.05, 4.69) is 6.07 Å². The van der Waals surface area contributed by atoms with Crippen molar-refractivity contribution in [3.8, 4) is 0 Å². The fourth-order valence-electron chi connectivity index (χ4n) is 2.43. The predicted molar refractivity (Wildman–Crippen MR) is 67.6 cm³/mol. The summed E-state index contributed by atoms with van der Waals surface area (Å²) >= 11 is 7.65. The van der Waals surface area contributed by atoms with Gasteiger partial charge in [0.05, 0.1) is 4.34 Å². The van der Waals surface area contributed by atoms with Crippen molar-refractivity contribution in [2.45, 2.75) is 44.6 Å². The second-order valence-electron chi connectivity index (χ2n) is 4.56. The average Bonchev–Trinajstić information content (AvgIpc) is 2.46. The standard InChI is InChI=1S/C12H18ClNS/c13-12-6-5-11(15-12)8-9-3-1-2-4-10(14)7-9/h5-6,9-10H,1-4,7-8,14H2. The van der Waals surface area contributed by atoms with Crippen molar-refractivity contribution in [2.75, 3.05) is 0 Å². The van der Waals surface area contributed by atoms with Crippen LogP contribution < -0.4 is 5.73 Å². The zero-order chi connectivity index (χ0) is 10.7. The first-order valence-corrected chi connectivity index (χ1v) is 6.93. The SMILES string of the molecule is NC1CCCCC(Cc2ccc(Cl)s2)C1. The molecule has 0 aliphatic heterocycles. The maximum Gasteiger partial charge on any atom is 0.0931 e. The zero-order valence-electron chi connectivity index (χ0n) is 8.92. The van der Waals surface area contributed by atoms with Crippen LogP contribution in [0.4, 0.5) is 0 Å². The maximum absolute atomic E-state index is 6.06. The Morgan fingerprint density at radius 3 is 2.87 bits per heavy atom. The van der Waals surface area contributed by atoms with Gasteiger partial charge < -0.3 is 5.73 Å². The summed E-state index contributed by atoms with van der Waals surface area (Å²) in [6.07, 6.45) is 7.56. The fraction of sp³-hybridized carbons (Fsp3) is 0.667. The van der Waals surface area contributed by atoms with Gasteiger partial charge in [-0.2, -0.15) is 0 Å². The van der Waals surface area contributed by atoms with Crippen molar-refractivity contribution in [3.63, 3.8) is 0 Å². The molecule has 2 unspecified atom stereocenters. The van der Waals surface area contributed by atoms with Gasteiger partial charge in [-0.25, -0.2) is 0 Å². The lowest BCUT2D eigenvalue weighted by Crippen LogP contribution is -2.22. The van der Waals surface area contributed by atoms with Gasteiger partial charge in [-0.3, -0.25) is 0 Å². The van der Waals surface area contributed by atoms with Crippen molar-refractivity contribution in [1.29, 1.82) is 0 Å². The molecule has 0 aromatic carbocycles. The Balaban J connectivity index is 1.92. The first kappa shape index (κ1) is 11.4. The number of thiophene rings is 1. The molecule has 1 saturated carbocycles. The van der Waals surface area contributed by atoms with Crippen LogP contribution in [0.2, 0.25) is 4.34 Å². The van der Waals surface area contributed by atoms with Crippen LogP contribution in [0.15, 0.2) is 12.1 Å². The minimum atomic E-state index is 0.424. The molecule has 0 spiro atoms. The van der Waals surface area contributed by atoms with Crippen LogP contribution in [-0.4, -0.2) is 6.04 Å². The highest BCUT2D eigenvalue weighted by atomic mass is 35.5. The predicted octanol–water partition coefficient (Wildman–Crippen LogP) is 3.85. The third-order valence-electron chi connectivity index (χ3n) is 3.19. The highest BCUT2D eigenvalue weighted by molar-refractivity contribution is 7.16. The molecule has 0 amide bonds. The molecular weight excluding hydrogens is 226 g/mol. The summed E-state index contributed by atoms with van der Waals surface area (Å²) in [6, 6.07) is 4.58. The van der Waals surface area contributed by atoms with Crippen LogP contribution in [0.1, 0.15) is 37.0 Å². The summed E-state index contributed by atoms with van der Waals surface area (Å²) in [5.41, 5.74) is 6.06. The van der Waals surface area contributed by atoms with E-state index in [1.165, 1.54) is 43.4 Å². The van der Waals surface area contributed by atoms with Gasteiger partial charge in [0.1, 0.15) is 0 Å². The molecule has 1 heterocycles. The van der Waals surface area contributed by atoms with Crippen LogP contribution in [0.25, 0.3) is 0 Å². The van der Waals surface area contributed by atoms with Crippen molar-refractivity contribution in [3.05, 3.63) is 21.3 Å². The first-order valence-electron chi connectivity index (χ1n) is 5.74. The lowest BCUT2D eigenvalue weighted by atomic mass is 9.94. The minimum absolute atomic E-state index is 0.424. The van der Waals surface area contributed by atoms with E-state index < -0.39 is 0 Å². The monoisotopic (exact) mass is 243 g/mol. The molecule has 2 rings (SSSR count). The Labute approximate surface area is 101 Å². The Morgan fingerprint density at radius 2 is 2.13 bits per heavy atom. The van der Waals surface area contributed by atoms with Crippen LogP contribution in [0.3, 0.4) is 0 Å². The summed E-state index contributed by atoms with van der Waals surface area (Å²) in [4.78, 5) is 1.42. The van der Waals surface area contributed by atoms with Gasteiger partial charge >= 0.3 is 0 Å². The van der Waals surface area contributed by atoms with E-state index in [9.17, 15) is 0 Å². The van der Waals surface area contributed by atoms with Gasteiger partial charge in [-0.15, -0.1) is 11.3 Å². The first-order chi connectivity index (χ1) is 7.24. The van der Waals surface area contributed by atoms with E-state index in [1.54, 1.807) is 11.3 Å².